The molecule has 0 spiro atoms. The topological polar surface area (TPSA) is 29.0 Å². The Morgan fingerprint density at radius 3 is 2.85 bits per heavy atom. The van der Waals surface area contributed by atoms with E-state index in [0.717, 1.165) is 40.0 Å². The Morgan fingerprint density at radius 2 is 2.00 bits per heavy atom. The van der Waals surface area contributed by atoms with Crippen LogP contribution in [0.15, 0.2) is 54.9 Å². The summed E-state index contributed by atoms with van der Waals surface area (Å²) in [6.07, 6.45) is 4.45. The van der Waals surface area contributed by atoms with Gasteiger partial charge in [-0.1, -0.05) is 29.8 Å². The highest BCUT2D eigenvalue weighted by Gasteiger charge is 2.27. The molecule has 0 aliphatic carbocycles. The molecule has 0 N–H and O–H groups in total. The molecule has 0 saturated carbocycles. The van der Waals surface area contributed by atoms with Crippen molar-refractivity contribution in [1.29, 1.82) is 0 Å². The number of halogens is 2. The minimum atomic E-state index is -0.313. The fourth-order valence-corrected chi connectivity index (χ4v) is 4.53. The van der Waals surface area contributed by atoms with Crippen LogP contribution in [0.5, 0.6) is 0 Å². The predicted octanol–water partition coefficient (Wildman–Crippen LogP) is 5.85. The van der Waals surface area contributed by atoms with Crippen molar-refractivity contribution in [3.8, 4) is 10.6 Å². The summed E-state index contributed by atoms with van der Waals surface area (Å²) in [5, 5.41) is 0.807. The normalized spacial score (nSPS) is 13.4. The van der Waals surface area contributed by atoms with Crippen LogP contribution in [0, 0.1) is 5.82 Å². The molecule has 128 valence electrons. The van der Waals surface area contributed by atoms with E-state index in [1.807, 2.05) is 47.5 Å². The zero-order chi connectivity index (χ0) is 17.7. The summed E-state index contributed by atoms with van der Waals surface area (Å²) in [4.78, 5) is 11.5. The standard InChI is InChI=1S/C20H13ClFN3S/c21-17-6-5-16(26-17)19-18(22)20(13-3-1-2-4-14(13)24-19)25-10-8-12-11-23-9-7-15(12)25/h1-7,9,11H,8,10H2. The summed E-state index contributed by atoms with van der Waals surface area (Å²) in [5.74, 6) is -0.313. The van der Waals surface area contributed by atoms with Crippen LogP contribution in [0.4, 0.5) is 15.8 Å². The minimum Gasteiger partial charge on any atom is -0.338 e. The van der Waals surface area contributed by atoms with Crippen LogP contribution in [0.2, 0.25) is 4.34 Å². The smallest absolute Gasteiger partial charge is 0.174 e. The fourth-order valence-electron chi connectivity index (χ4n) is 3.50. The molecular formula is C20H13ClFN3S. The van der Waals surface area contributed by atoms with Gasteiger partial charge in [-0.3, -0.25) is 4.98 Å². The van der Waals surface area contributed by atoms with Gasteiger partial charge in [0.25, 0.3) is 0 Å². The highest BCUT2D eigenvalue weighted by molar-refractivity contribution is 7.19. The van der Waals surface area contributed by atoms with Crippen molar-refractivity contribution in [1.82, 2.24) is 9.97 Å². The van der Waals surface area contributed by atoms with Crippen LogP contribution in [0.1, 0.15) is 5.56 Å². The third kappa shape index (κ3) is 2.39. The number of benzene rings is 1. The largest absolute Gasteiger partial charge is 0.338 e. The molecular weight excluding hydrogens is 369 g/mol. The van der Waals surface area contributed by atoms with E-state index < -0.39 is 0 Å². The minimum absolute atomic E-state index is 0.313. The maximum atomic E-state index is 15.7. The highest BCUT2D eigenvalue weighted by Crippen LogP contribution is 2.43. The second kappa shape index (κ2) is 6.04. The van der Waals surface area contributed by atoms with Crippen molar-refractivity contribution < 1.29 is 4.39 Å². The van der Waals surface area contributed by atoms with Gasteiger partial charge in [0.15, 0.2) is 5.82 Å². The van der Waals surface area contributed by atoms with E-state index in [4.69, 9.17) is 11.6 Å². The molecule has 4 aromatic rings. The number of hydrogen-bond acceptors (Lipinski definition) is 4. The van der Waals surface area contributed by atoms with E-state index in [9.17, 15) is 0 Å². The Balaban J connectivity index is 1.80. The van der Waals surface area contributed by atoms with Crippen LogP contribution in [-0.2, 0) is 6.42 Å². The molecule has 6 heteroatoms. The first-order valence-electron chi connectivity index (χ1n) is 8.27. The van der Waals surface area contributed by atoms with E-state index in [1.165, 1.54) is 11.3 Å². The number of para-hydroxylation sites is 1. The van der Waals surface area contributed by atoms with E-state index >= 15 is 4.39 Å². The quantitative estimate of drug-likeness (QED) is 0.436. The zero-order valence-corrected chi connectivity index (χ0v) is 15.2. The molecule has 3 nitrogen and oxygen atoms in total. The molecule has 1 aliphatic heterocycles. The molecule has 1 aliphatic rings. The summed E-state index contributed by atoms with van der Waals surface area (Å²) in [7, 11) is 0. The third-order valence-corrected chi connectivity index (χ3v) is 5.90. The lowest BCUT2D eigenvalue weighted by atomic mass is 10.1. The second-order valence-corrected chi connectivity index (χ2v) is 7.87. The molecule has 3 aromatic heterocycles. The first kappa shape index (κ1) is 15.7. The van der Waals surface area contributed by atoms with Crippen LogP contribution in [0.25, 0.3) is 21.5 Å². The van der Waals surface area contributed by atoms with E-state index in [1.54, 1.807) is 12.3 Å². The van der Waals surface area contributed by atoms with Gasteiger partial charge in [-0.25, -0.2) is 9.37 Å². The van der Waals surface area contributed by atoms with Gasteiger partial charge in [-0.05, 0) is 36.2 Å². The van der Waals surface area contributed by atoms with Crippen LogP contribution in [0.3, 0.4) is 0 Å². The molecule has 0 fully saturated rings. The highest BCUT2D eigenvalue weighted by atomic mass is 35.5. The zero-order valence-electron chi connectivity index (χ0n) is 13.6. The Bertz CT molecular complexity index is 1140. The summed E-state index contributed by atoms with van der Waals surface area (Å²) in [6, 6.07) is 13.2. The van der Waals surface area contributed by atoms with Crippen molar-refractivity contribution in [3.63, 3.8) is 0 Å². The van der Waals surface area contributed by atoms with Gasteiger partial charge in [0.1, 0.15) is 5.69 Å². The summed E-state index contributed by atoms with van der Waals surface area (Å²) < 4.78 is 16.3. The molecule has 0 unspecified atom stereocenters. The lowest BCUT2D eigenvalue weighted by Gasteiger charge is -2.23. The average molecular weight is 382 g/mol. The van der Waals surface area contributed by atoms with Gasteiger partial charge < -0.3 is 4.90 Å². The van der Waals surface area contributed by atoms with Gasteiger partial charge in [0.2, 0.25) is 0 Å². The summed E-state index contributed by atoms with van der Waals surface area (Å²) in [6.45, 7) is 0.719. The van der Waals surface area contributed by atoms with Gasteiger partial charge in [0, 0.05) is 30.0 Å². The molecule has 0 amide bonds. The van der Waals surface area contributed by atoms with Gasteiger partial charge >= 0.3 is 0 Å². The van der Waals surface area contributed by atoms with Gasteiger partial charge in [0.05, 0.1) is 20.4 Å². The van der Waals surface area contributed by atoms with Crippen molar-refractivity contribution >= 4 is 45.2 Å². The number of nitrogens with zero attached hydrogens (tertiary/aromatic N) is 3. The molecule has 0 radical (unpaired) electrons. The fraction of sp³-hybridized carbons (Fsp3) is 0.100. The number of anilines is 2. The predicted molar refractivity (Wildman–Crippen MR) is 105 cm³/mol. The number of aromatic nitrogens is 2. The number of fused-ring (bicyclic) bond motifs is 2. The van der Waals surface area contributed by atoms with Crippen molar-refractivity contribution in [2.24, 2.45) is 0 Å². The van der Waals surface area contributed by atoms with Crippen LogP contribution >= 0.6 is 22.9 Å². The molecule has 0 atom stereocenters. The number of pyridine rings is 2. The van der Waals surface area contributed by atoms with E-state index in [-0.39, 0.29) is 5.82 Å². The number of rotatable bonds is 2. The Morgan fingerprint density at radius 1 is 1.12 bits per heavy atom. The monoisotopic (exact) mass is 381 g/mol. The Hall–Kier alpha value is -2.50. The lowest BCUT2D eigenvalue weighted by molar-refractivity contribution is 0.627. The van der Waals surface area contributed by atoms with Crippen molar-refractivity contribution in [2.75, 3.05) is 11.4 Å². The molecule has 1 aromatic carbocycles. The SMILES string of the molecule is Fc1c(-c2ccc(Cl)s2)nc2ccccc2c1N1CCc2cnccc21. The maximum Gasteiger partial charge on any atom is 0.174 e. The lowest BCUT2D eigenvalue weighted by Crippen LogP contribution is -2.16. The Kier molecular flexibility index (Phi) is 3.65. The molecule has 26 heavy (non-hydrogen) atoms. The molecule has 5 rings (SSSR count). The van der Waals surface area contributed by atoms with Gasteiger partial charge in [-0.15, -0.1) is 11.3 Å². The van der Waals surface area contributed by atoms with Crippen molar-refractivity contribution in [2.45, 2.75) is 6.42 Å². The molecule has 0 bridgehead atoms. The number of thiophene rings is 1. The van der Waals surface area contributed by atoms with Crippen LogP contribution in [-0.4, -0.2) is 16.5 Å². The molecule has 4 heterocycles. The molecule has 0 saturated heterocycles. The van der Waals surface area contributed by atoms with E-state index in [2.05, 4.69) is 9.97 Å². The van der Waals surface area contributed by atoms with Gasteiger partial charge in [-0.2, -0.15) is 0 Å². The second-order valence-electron chi connectivity index (χ2n) is 6.15. The maximum absolute atomic E-state index is 15.7. The first-order valence-corrected chi connectivity index (χ1v) is 9.46. The summed E-state index contributed by atoms with van der Waals surface area (Å²) in [5.41, 5.74) is 3.82. The average Bonchev–Trinajstić information content (AvgIpc) is 3.28. The third-order valence-electron chi connectivity index (χ3n) is 4.66. The summed E-state index contributed by atoms with van der Waals surface area (Å²) >= 11 is 7.40. The van der Waals surface area contributed by atoms with Crippen molar-refractivity contribution in [3.05, 3.63) is 70.6 Å². The number of hydrogen-bond donors (Lipinski definition) is 0. The van der Waals surface area contributed by atoms with E-state index in [0.29, 0.717) is 15.7 Å². The first-order chi connectivity index (χ1) is 12.7. The van der Waals surface area contributed by atoms with Crippen LogP contribution < -0.4 is 4.90 Å². The Labute approximate surface area is 158 Å².